The number of rotatable bonds is 15. The van der Waals surface area contributed by atoms with Gasteiger partial charge in [-0.05, 0) is 71.3 Å². The first kappa shape index (κ1) is 34.2. The predicted molar refractivity (Wildman–Crippen MR) is 156 cm³/mol. The van der Waals surface area contributed by atoms with Crippen molar-refractivity contribution in [3.05, 3.63) is 58.6 Å². The van der Waals surface area contributed by atoms with Crippen LogP contribution in [0.15, 0.2) is 52.5 Å². The average Bonchev–Trinajstić information content (AvgIpc) is 2.88. The first-order chi connectivity index (χ1) is 19.3. The Morgan fingerprint density at radius 3 is 2.46 bits per heavy atom. The van der Waals surface area contributed by atoms with Gasteiger partial charge in [-0.15, -0.1) is 0 Å². The molecule has 2 N–H and O–H groups in total. The van der Waals surface area contributed by atoms with E-state index in [1.807, 2.05) is 20.8 Å². The number of benzene rings is 1. The lowest BCUT2D eigenvalue weighted by Gasteiger charge is -2.19. The Balaban J connectivity index is 1.98. The SMILES string of the molecule is C/C=C(\N=C(/C)F)SNc1ccc(C(F)(F)F)c(-c2ccccc2COCCCNCCCC(=O)OC(C)(C)C)n1. The third-order valence-corrected chi connectivity index (χ3v) is 6.15. The number of nitrogens with zero attached hydrogens (tertiary/aromatic N) is 2. The van der Waals surface area contributed by atoms with Crippen LogP contribution in [0.5, 0.6) is 0 Å². The molecule has 226 valence electrons. The Hall–Kier alpha value is -2.96. The van der Waals surface area contributed by atoms with Crippen molar-refractivity contribution in [3.8, 4) is 11.3 Å². The number of pyridine rings is 1. The molecule has 0 fully saturated rings. The monoisotopic (exact) mass is 598 g/mol. The number of halogens is 4. The molecule has 0 saturated heterocycles. The molecule has 2 aromatic rings. The minimum Gasteiger partial charge on any atom is -0.460 e. The molecule has 1 heterocycles. The molecular weight excluding hydrogens is 560 g/mol. The molecule has 0 bridgehead atoms. The van der Waals surface area contributed by atoms with Gasteiger partial charge in [-0.1, -0.05) is 30.3 Å². The number of hydrogen-bond donors (Lipinski definition) is 2. The summed E-state index contributed by atoms with van der Waals surface area (Å²) in [4.78, 5) is 19.7. The zero-order valence-corrected chi connectivity index (χ0v) is 24.8. The third-order valence-electron chi connectivity index (χ3n) is 5.30. The fourth-order valence-corrected chi connectivity index (χ4v) is 4.20. The van der Waals surface area contributed by atoms with Crippen molar-refractivity contribution in [2.75, 3.05) is 24.4 Å². The van der Waals surface area contributed by atoms with E-state index in [0.717, 1.165) is 18.0 Å². The van der Waals surface area contributed by atoms with Gasteiger partial charge in [0.05, 0.1) is 17.9 Å². The van der Waals surface area contributed by atoms with Crippen molar-refractivity contribution in [3.63, 3.8) is 0 Å². The maximum absolute atomic E-state index is 13.9. The fraction of sp³-hybridized carbons (Fsp3) is 0.483. The van der Waals surface area contributed by atoms with Crippen LogP contribution in [0, 0.1) is 0 Å². The lowest BCUT2D eigenvalue weighted by molar-refractivity contribution is -0.154. The molecule has 0 atom stereocenters. The second-order valence-corrected chi connectivity index (χ2v) is 10.9. The summed E-state index contributed by atoms with van der Waals surface area (Å²) in [6.07, 6.45) is -1.38. The zero-order chi connectivity index (χ0) is 30.5. The predicted octanol–water partition coefficient (Wildman–Crippen LogP) is 7.69. The summed E-state index contributed by atoms with van der Waals surface area (Å²) in [6.45, 7) is 10.2. The van der Waals surface area contributed by atoms with Gasteiger partial charge in [0.1, 0.15) is 16.4 Å². The Kier molecular flexibility index (Phi) is 13.8. The molecule has 1 aromatic heterocycles. The number of aliphatic imine (C=N–C) groups is 1. The summed E-state index contributed by atoms with van der Waals surface area (Å²) in [5.41, 5.74) is -0.739. The van der Waals surface area contributed by atoms with Gasteiger partial charge >= 0.3 is 12.1 Å². The molecule has 0 aliphatic rings. The summed E-state index contributed by atoms with van der Waals surface area (Å²) >= 11 is 0.940. The molecule has 0 spiro atoms. The van der Waals surface area contributed by atoms with Crippen LogP contribution >= 0.6 is 11.9 Å². The second-order valence-electron chi connectivity index (χ2n) is 10.0. The normalized spacial score (nSPS) is 12.9. The summed E-state index contributed by atoms with van der Waals surface area (Å²) in [5, 5.41) is 3.54. The first-order valence-corrected chi connectivity index (χ1v) is 14.1. The van der Waals surface area contributed by atoms with Crippen molar-refractivity contribution in [2.24, 2.45) is 4.99 Å². The van der Waals surface area contributed by atoms with Crippen LogP contribution in [-0.4, -0.2) is 42.2 Å². The number of carbonyl (C=O) groups is 1. The van der Waals surface area contributed by atoms with Gasteiger partial charge in [-0.25, -0.2) is 9.98 Å². The Bertz CT molecular complexity index is 1190. The van der Waals surface area contributed by atoms with Crippen LogP contribution in [-0.2, 0) is 27.1 Å². The van der Waals surface area contributed by atoms with E-state index in [4.69, 9.17) is 9.47 Å². The molecule has 41 heavy (non-hydrogen) atoms. The maximum atomic E-state index is 13.9. The summed E-state index contributed by atoms with van der Waals surface area (Å²) in [7, 11) is 0. The van der Waals surface area contributed by atoms with Crippen LogP contribution in [0.2, 0.25) is 0 Å². The number of alkyl halides is 3. The van der Waals surface area contributed by atoms with Crippen LogP contribution in [0.3, 0.4) is 0 Å². The maximum Gasteiger partial charge on any atom is 0.418 e. The lowest BCUT2D eigenvalue weighted by Crippen LogP contribution is -2.25. The molecular formula is C29H38F4N4O3S. The Morgan fingerprint density at radius 2 is 1.80 bits per heavy atom. The molecule has 0 unspecified atom stereocenters. The molecule has 7 nitrogen and oxygen atoms in total. The van der Waals surface area contributed by atoms with E-state index in [0.29, 0.717) is 55.1 Å². The van der Waals surface area contributed by atoms with E-state index in [9.17, 15) is 22.4 Å². The van der Waals surface area contributed by atoms with Crippen LogP contribution in [0.4, 0.5) is 23.4 Å². The molecule has 1 aromatic carbocycles. The smallest absolute Gasteiger partial charge is 0.418 e. The van der Waals surface area contributed by atoms with E-state index in [1.54, 1.807) is 37.3 Å². The van der Waals surface area contributed by atoms with Gasteiger partial charge < -0.3 is 19.5 Å². The highest BCUT2D eigenvalue weighted by molar-refractivity contribution is 8.04. The standard InChI is InChI=1S/C29H38F4N4O3S/c1-6-25(35-20(2)30)41-37-24-15-14-23(29(31,32)33)27(36-24)22-12-8-7-11-21(22)19-39-18-10-17-34-16-9-13-26(38)40-28(3,4)5/h6-8,11-12,14-15,34H,9-10,13,16-19H2,1-5H3,(H,36,37)/b25-6+,35-20+. The van der Waals surface area contributed by atoms with Crippen molar-refractivity contribution in [2.45, 2.75) is 72.3 Å². The van der Waals surface area contributed by atoms with E-state index < -0.39 is 23.3 Å². The van der Waals surface area contributed by atoms with E-state index in [-0.39, 0.29) is 24.1 Å². The minimum absolute atomic E-state index is 0.105. The number of allylic oxidation sites excluding steroid dienone is 1. The molecule has 0 aliphatic heterocycles. The molecule has 0 radical (unpaired) electrons. The highest BCUT2D eigenvalue weighted by Crippen LogP contribution is 2.38. The third kappa shape index (κ3) is 13.0. The number of anilines is 1. The van der Waals surface area contributed by atoms with E-state index in [1.165, 1.54) is 13.0 Å². The van der Waals surface area contributed by atoms with Gasteiger partial charge in [0.25, 0.3) is 0 Å². The minimum atomic E-state index is -4.62. The van der Waals surface area contributed by atoms with Crippen LogP contribution in [0.25, 0.3) is 11.3 Å². The number of carbonyl (C=O) groups excluding carboxylic acids is 1. The summed E-state index contributed by atoms with van der Waals surface area (Å²) < 4.78 is 68.8. The molecule has 0 amide bonds. The number of hydrogen-bond acceptors (Lipinski definition) is 8. The number of aromatic nitrogens is 1. The van der Waals surface area contributed by atoms with Crippen molar-refractivity contribution < 1.29 is 31.8 Å². The highest BCUT2D eigenvalue weighted by Gasteiger charge is 2.35. The van der Waals surface area contributed by atoms with Crippen LogP contribution < -0.4 is 10.0 Å². The number of esters is 1. The van der Waals surface area contributed by atoms with Gasteiger partial charge in [0.15, 0.2) is 5.97 Å². The topological polar surface area (TPSA) is 84.8 Å². The molecule has 2 rings (SSSR count). The van der Waals surface area contributed by atoms with Gasteiger partial charge in [0, 0.05) is 37.5 Å². The fourth-order valence-electron chi connectivity index (χ4n) is 3.59. The summed E-state index contributed by atoms with van der Waals surface area (Å²) in [6, 6.07) is 8.85. The van der Waals surface area contributed by atoms with E-state index >= 15 is 0 Å². The molecule has 0 saturated carbocycles. The summed E-state index contributed by atoms with van der Waals surface area (Å²) in [5.74, 6) is -0.706. The lowest BCUT2D eigenvalue weighted by atomic mass is 10.00. The van der Waals surface area contributed by atoms with Crippen molar-refractivity contribution in [1.29, 1.82) is 0 Å². The first-order valence-electron chi connectivity index (χ1n) is 13.3. The van der Waals surface area contributed by atoms with Crippen molar-refractivity contribution >= 4 is 29.7 Å². The Labute approximate surface area is 243 Å². The quantitative estimate of drug-likeness (QED) is 0.0715. The molecule has 12 heteroatoms. The Morgan fingerprint density at radius 1 is 1.10 bits per heavy atom. The van der Waals surface area contributed by atoms with Gasteiger partial charge in [-0.3, -0.25) is 4.79 Å². The average molecular weight is 599 g/mol. The number of nitrogens with one attached hydrogen (secondary N) is 2. The van der Waals surface area contributed by atoms with Crippen molar-refractivity contribution in [1.82, 2.24) is 10.3 Å². The highest BCUT2D eigenvalue weighted by atomic mass is 32.2. The molecule has 0 aliphatic carbocycles. The van der Waals surface area contributed by atoms with Gasteiger partial charge in [0.2, 0.25) is 0 Å². The zero-order valence-electron chi connectivity index (χ0n) is 24.0. The van der Waals surface area contributed by atoms with Gasteiger partial charge in [-0.2, -0.15) is 17.6 Å². The van der Waals surface area contributed by atoms with E-state index in [2.05, 4.69) is 20.0 Å². The van der Waals surface area contributed by atoms with Crippen LogP contribution in [0.1, 0.15) is 65.0 Å². The second kappa shape index (κ2) is 16.5. The number of ether oxygens (including phenoxy) is 2. The largest absolute Gasteiger partial charge is 0.460 e.